The van der Waals surface area contributed by atoms with E-state index in [0.29, 0.717) is 0 Å². The minimum Gasteiger partial charge on any atom is -0.309 e. The SMILES string of the molecule is Cc1ccc(-n2c3ccccc3c3c4c(ccc32)Cc2ccccc2-4)cc1. The van der Waals surface area contributed by atoms with E-state index in [0.717, 1.165) is 6.42 Å². The van der Waals surface area contributed by atoms with Crippen LogP contribution in [-0.2, 0) is 6.42 Å². The summed E-state index contributed by atoms with van der Waals surface area (Å²) in [6, 6.07) is 31.1. The molecule has 1 aliphatic rings. The molecule has 0 amide bonds. The molecule has 0 atom stereocenters. The lowest BCUT2D eigenvalue weighted by Gasteiger charge is -2.09. The average molecular weight is 345 g/mol. The third-order valence-corrected chi connectivity index (χ3v) is 5.88. The number of aryl methyl sites for hydroxylation is 1. The number of fused-ring (bicyclic) bond motifs is 7. The van der Waals surface area contributed by atoms with Crippen molar-refractivity contribution in [3.63, 3.8) is 0 Å². The zero-order valence-corrected chi connectivity index (χ0v) is 15.2. The van der Waals surface area contributed by atoms with Gasteiger partial charge in [-0.25, -0.2) is 0 Å². The fourth-order valence-electron chi connectivity index (χ4n) is 4.65. The van der Waals surface area contributed by atoms with Crippen LogP contribution in [0.4, 0.5) is 0 Å². The van der Waals surface area contributed by atoms with Gasteiger partial charge in [-0.3, -0.25) is 0 Å². The lowest BCUT2D eigenvalue weighted by Crippen LogP contribution is -1.93. The highest BCUT2D eigenvalue weighted by molar-refractivity contribution is 6.17. The Kier molecular flexibility index (Phi) is 2.93. The molecule has 0 N–H and O–H groups in total. The lowest BCUT2D eigenvalue weighted by atomic mass is 9.99. The topological polar surface area (TPSA) is 4.93 Å². The molecule has 0 unspecified atom stereocenters. The minimum atomic E-state index is 1.03. The molecule has 1 heterocycles. The van der Waals surface area contributed by atoms with E-state index in [4.69, 9.17) is 0 Å². The second-order valence-corrected chi connectivity index (χ2v) is 7.52. The largest absolute Gasteiger partial charge is 0.309 e. The number of hydrogen-bond donors (Lipinski definition) is 0. The first-order chi connectivity index (χ1) is 13.3. The zero-order valence-electron chi connectivity index (χ0n) is 15.2. The summed E-state index contributed by atoms with van der Waals surface area (Å²) in [6.07, 6.45) is 1.03. The second-order valence-electron chi connectivity index (χ2n) is 7.52. The standard InChI is InChI=1S/C26H19N/c1-17-10-13-20(14-11-17)27-23-9-5-4-8-22(23)26-24(27)15-12-19-16-18-6-2-3-7-21(18)25(19)26/h2-15H,16H2,1H3. The predicted molar refractivity (Wildman–Crippen MR) is 114 cm³/mol. The Morgan fingerprint density at radius 1 is 0.667 bits per heavy atom. The van der Waals surface area contributed by atoms with Crippen molar-refractivity contribution in [3.05, 3.63) is 102 Å². The van der Waals surface area contributed by atoms with Gasteiger partial charge >= 0.3 is 0 Å². The summed E-state index contributed by atoms with van der Waals surface area (Å²) in [7, 11) is 0. The highest BCUT2D eigenvalue weighted by Gasteiger charge is 2.24. The monoisotopic (exact) mass is 345 g/mol. The summed E-state index contributed by atoms with van der Waals surface area (Å²) in [5.74, 6) is 0. The van der Waals surface area contributed by atoms with Crippen LogP contribution in [-0.4, -0.2) is 4.57 Å². The van der Waals surface area contributed by atoms with Gasteiger partial charge in [-0.05, 0) is 59.9 Å². The average Bonchev–Trinajstić information content (AvgIpc) is 3.24. The Balaban J connectivity index is 1.80. The van der Waals surface area contributed by atoms with Gasteiger partial charge in [0.1, 0.15) is 0 Å². The van der Waals surface area contributed by atoms with Crippen LogP contribution in [0.25, 0.3) is 38.6 Å². The number of benzene rings is 4. The molecule has 0 bridgehead atoms. The van der Waals surface area contributed by atoms with Gasteiger partial charge < -0.3 is 4.57 Å². The minimum absolute atomic E-state index is 1.03. The van der Waals surface area contributed by atoms with E-state index in [1.807, 2.05) is 0 Å². The Labute approximate surface area is 158 Å². The van der Waals surface area contributed by atoms with Crippen molar-refractivity contribution in [1.82, 2.24) is 4.57 Å². The molecule has 1 heteroatoms. The molecule has 0 saturated heterocycles. The molecule has 4 aromatic carbocycles. The molecule has 0 spiro atoms. The van der Waals surface area contributed by atoms with Crippen LogP contribution >= 0.6 is 0 Å². The van der Waals surface area contributed by atoms with E-state index >= 15 is 0 Å². The molecule has 1 nitrogen and oxygen atoms in total. The molecule has 5 aromatic rings. The van der Waals surface area contributed by atoms with Gasteiger partial charge in [0.2, 0.25) is 0 Å². The molecular weight excluding hydrogens is 326 g/mol. The van der Waals surface area contributed by atoms with Crippen molar-refractivity contribution < 1.29 is 0 Å². The van der Waals surface area contributed by atoms with Crippen LogP contribution in [0.5, 0.6) is 0 Å². The van der Waals surface area contributed by atoms with Gasteiger partial charge in [-0.15, -0.1) is 0 Å². The third-order valence-electron chi connectivity index (χ3n) is 5.88. The number of aromatic nitrogens is 1. The van der Waals surface area contributed by atoms with Gasteiger partial charge in [0.15, 0.2) is 0 Å². The molecule has 0 saturated carbocycles. The summed E-state index contributed by atoms with van der Waals surface area (Å²) < 4.78 is 2.41. The smallest absolute Gasteiger partial charge is 0.0547 e. The second kappa shape index (κ2) is 5.34. The molecule has 6 rings (SSSR count). The zero-order chi connectivity index (χ0) is 18.0. The van der Waals surface area contributed by atoms with Crippen molar-refractivity contribution >= 4 is 21.8 Å². The first-order valence-electron chi connectivity index (χ1n) is 9.51. The summed E-state index contributed by atoms with van der Waals surface area (Å²) in [5, 5.41) is 2.72. The van der Waals surface area contributed by atoms with Crippen molar-refractivity contribution in [2.45, 2.75) is 13.3 Å². The summed E-state index contributed by atoms with van der Waals surface area (Å²) in [6.45, 7) is 2.14. The summed E-state index contributed by atoms with van der Waals surface area (Å²) >= 11 is 0. The predicted octanol–water partition coefficient (Wildman–Crippen LogP) is 6.66. The van der Waals surface area contributed by atoms with Gasteiger partial charge in [-0.1, -0.05) is 66.2 Å². The Morgan fingerprint density at radius 2 is 1.44 bits per heavy atom. The maximum Gasteiger partial charge on any atom is 0.0547 e. The van der Waals surface area contributed by atoms with Gasteiger partial charge in [-0.2, -0.15) is 0 Å². The third kappa shape index (κ3) is 2.00. The van der Waals surface area contributed by atoms with Crippen LogP contribution in [0, 0.1) is 6.92 Å². The molecule has 1 aromatic heterocycles. The highest BCUT2D eigenvalue weighted by Crippen LogP contribution is 2.45. The molecule has 1 aliphatic carbocycles. The Morgan fingerprint density at radius 3 is 2.33 bits per heavy atom. The molecular formula is C26H19N. The van der Waals surface area contributed by atoms with Crippen LogP contribution in [0.1, 0.15) is 16.7 Å². The van der Waals surface area contributed by atoms with E-state index in [9.17, 15) is 0 Å². The van der Waals surface area contributed by atoms with Gasteiger partial charge in [0, 0.05) is 16.5 Å². The summed E-state index contributed by atoms with van der Waals surface area (Å²) in [4.78, 5) is 0. The Hall–Kier alpha value is -3.32. The fraction of sp³-hybridized carbons (Fsp3) is 0.0769. The van der Waals surface area contributed by atoms with E-state index in [2.05, 4.69) is 96.4 Å². The van der Waals surface area contributed by atoms with Crippen LogP contribution < -0.4 is 0 Å². The normalized spacial score (nSPS) is 12.5. The summed E-state index contributed by atoms with van der Waals surface area (Å²) in [5.41, 5.74) is 10.8. The molecule has 128 valence electrons. The van der Waals surface area contributed by atoms with Crippen molar-refractivity contribution in [3.8, 4) is 16.8 Å². The van der Waals surface area contributed by atoms with Crippen molar-refractivity contribution in [1.29, 1.82) is 0 Å². The maximum atomic E-state index is 2.41. The van der Waals surface area contributed by atoms with Crippen LogP contribution in [0.2, 0.25) is 0 Å². The van der Waals surface area contributed by atoms with Gasteiger partial charge in [0.25, 0.3) is 0 Å². The van der Waals surface area contributed by atoms with Gasteiger partial charge in [0.05, 0.1) is 11.0 Å². The number of nitrogens with zero attached hydrogens (tertiary/aromatic N) is 1. The van der Waals surface area contributed by atoms with E-state index in [-0.39, 0.29) is 0 Å². The van der Waals surface area contributed by atoms with E-state index < -0.39 is 0 Å². The molecule has 0 aliphatic heterocycles. The molecule has 27 heavy (non-hydrogen) atoms. The fourth-order valence-corrected chi connectivity index (χ4v) is 4.65. The number of hydrogen-bond acceptors (Lipinski definition) is 0. The van der Waals surface area contributed by atoms with Crippen molar-refractivity contribution in [2.75, 3.05) is 0 Å². The highest BCUT2D eigenvalue weighted by atomic mass is 15.0. The lowest BCUT2D eigenvalue weighted by molar-refractivity contribution is 1.17. The first-order valence-corrected chi connectivity index (χ1v) is 9.51. The maximum absolute atomic E-state index is 2.41. The van der Waals surface area contributed by atoms with E-state index in [1.165, 1.54) is 55.3 Å². The van der Waals surface area contributed by atoms with E-state index in [1.54, 1.807) is 0 Å². The Bertz CT molecular complexity index is 1340. The molecule has 0 radical (unpaired) electrons. The molecule has 0 fully saturated rings. The number of rotatable bonds is 1. The van der Waals surface area contributed by atoms with Crippen molar-refractivity contribution in [2.24, 2.45) is 0 Å². The quantitative estimate of drug-likeness (QED) is 0.314. The first kappa shape index (κ1) is 14.8. The van der Waals surface area contributed by atoms with Crippen LogP contribution in [0.3, 0.4) is 0 Å². The van der Waals surface area contributed by atoms with Crippen LogP contribution in [0.15, 0.2) is 84.9 Å². The number of para-hydroxylation sites is 1.